The average Bonchev–Trinajstić information content (AvgIpc) is 2.99. The van der Waals surface area contributed by atoms with E-state index >= 15 is 0 Å². The Labute approximate surface area is 207 Å². The number of fused-ring (bicyclic) bond motifs is 3. The van der Waals surface area contributed by atoms with Crippen molar-refractivity contribution in [1.29, 1.82) is 0 Å². The monoisotopic (exact) mass is 476 g/mol. The first kappa shape index (κ1) is 24.8. The predicted octanol–water partition coefficient (Wildman–Crippen LogP) is 4.05. The quantitative estimate of drug-likeness (QED) is 0.559. The molecule has 0 amide bonds. The summed E-state index contributed by atoms with van der Waals surface area (Å²) in [5, 5.41) is 3.16. The summed E-state index contributed by atoms with van der Waals surface area (Å²) in [6.45, 7) is 10.6. The maximum atomic E-state index is 13.8. The third-order valence-corrected chi connectivity index (χ3v) is 6.54. The van der Waals surface area contributed by atoms with E-state index in [4.69, 9.17) is 14.5 Å². The predicted molar refractivity (Wildman–Crippen MR) is 140 cm³/mol. The molecule has 7 heteroatoms. The number of ether oxygens (including phenoxy) is 2. The second-order valence-electron chi connectivity index (χ2n) is 9.13. The van der Waals surface area contributed by atoms with Crippen molar-refractivity contribution in [2.45, 2.75) is 53.6 Å². The van der Waals surface area contributed by atoms with Crippen molar-refractivity contribution in [3.63, 3.8) is 0 Å². The molecular formula is C28H36N4O3. The second kappa shape index (κ2) is 10.5. The maximum Gasteiger partial charge on any atom is 0.330 e. The Bertz CT molecular complexity index is 1340. The number of hydrogen-bond donors (Lipinski definition) is 1. The second-order valence-corrected chi connectivity index (χ2v) is 9.13. The number of rotatable bonds is 7. The first-order chi connectivity index (χ1) is 16.9. The van der Waals surface area contributed by atoms with Gasteiger partial charge in [0.05, 0.1) is 25.1 Å². The minimum Gasteiger partial charge on any atom is -0.493 e. The summed E-state index contributed by atoms with van der Waals surface area (Å²) in [7, 11) is 3.54. The van der Waals surface area contributed by atoms with Gasteiger partial charge in [-0.25, -0.2) is 9.79 Å². The van der Waals surface area contributed by atoms with Crippen LogP contribution in [0.4, 0.5) is 5.69 Å². The molecule has 1 aliphatic heterocycles. The van der Waals surface area contributed by atoms with Crippen LogP contribution < -0.4 is 26.0 Å². The van der Waals surface area contributed by atoms with Crippen LogP contribution in [-0.4, -0.2) is 36.4 Å². The molecule has 7 nitrogen and oxygen atoms in total. The zero-order valence-electron chi connectivity index (χ0n) is 21.7. The number of likely N-dealkylation sites (N-methyl/N-ethyl adjacent to an activating group) is 1. The van der Waals surface area contributed by atoms with Gasteiger partial charge in [-0.15, -0.1) is 0 Å². The van der Waals surface area contributed by atoms with Gasteiger partial charge >= 0.3 is 5.69 Å². The Kier molecular flexibility index (Phi) is 7.45. The lowest BCUT2D eigenvalue weighted by molar-refractivity contribution is 0.310. The first-order valence-electron chi connectivity index (χ1n) is 12.3. The molecule has 0 unspecified atom stereocenters. The lowest BCUT2D eigenvalue weighted by Gasteiger charge is -2.18. The van der Waals surface area contributed by atoms with E-state index in [-0.39, 0.29) is 5.69 Å². The minimum atomic E-state index is -0.0420. The van der Waals surface area contributed by atoms with Gasteiger partial charge in [-0.05, 0) is 76.4 Å². The number of nitrogens with one attached hydrogen (secondary N) is 1. The molecule has 35 heavy (non-hydrogen) atoms. The Morgan fingerprint density at radius 2 is 1.80 bits per heavy atom. The Morgan fingerprint density at radius 3 is 2.46 bits per heavy atom. The van der Waals surface area contributed by atoms with E-state index < -0.39 is 0 Å². The van der Waals surface area contributed by atoms with Gasteiger partial charge in [-0.3, -0.25) is 9.13 Å². The number of nitrogens with zero attached hydrogens (tertiary/aromatic N) is 3. The molecule has 0 aliphatic carbocycles. The minimum absolute atomic E-state index is 0.0420. The number of aromatic nitrogens is 2. The normalized spacial score (nSPS) is 13.3. The van der Waals surface area contributed by atoms with E-state index in [0.717, 1.165) is 52.2 Å². The Hall–Kier alpha value is -3.32. The van der Waals surface area contributed by atoms with Crippen LogP contribution >= 0.6 is 0 Å². The van der Waals surface area contributed by atoms with Crippen LogP contribution in [0.25, 0.3) is 11.3 Å². The zero-order chi connectivity index (χ0) is 25.1. The van der Waals surface area contributed by atoms with Gasteiger partial charge in [0.2, 0.25) is 0 Å². The molecule has 186 valence electrons. The average molecular weight is 477 g/mol. The number of methoxy groups -OCH3 is 1. The summed E-state index contributed by atoms with van der Waals surface area (Å²) < 4.78 is 15.1. The van der Waals surface area contributed by atoms with Crippen LogP contribution in [-0.2, 0) is 19.5 Å². The Morgan fingerprint density at radius 1 is 1.06 bits per heavy atom. The van der Waals surface area contributed by atoms with Crippen molar-refractivity contribution in [1.82, 2.24) is 14.5 Å². The highest BCUT2D eigenvalue weighted by Crippen LogP contribution is 2.37. The van der Waals surface area contributed by atoms with Crippen LogP contribution in [0, 0.1) is 20.8 Å². The standard InChI is InChI=1S/C28H36N4O3/c1-7-35-25-15-21-9-8-11-31-23(22(21)16-24(25)34-6)17-26(32(28(31)33)12-10-29-5)30-27-19(3)13-18(2)14-20(27)4/h13-17,29H,7-12H2,1-6H3. The summed E-state index contributed by atoms with van der Waals surface area (Å²) in [4.78, 5) is 18.9. The van der Waals surface area contributed by atoms with E-state index in [2.05, 4.69) is 50.4 Å². The largest absolute Gasteiger partial charge is 0.493 e. The van der Waals surface area contributed by atoms with Crippen LogP contribution in [0.1, 0.15) is 35.6 Å². The topological polar surface area (TPSA) is 69.8 Å². The molecule has 0 fully saturated rings. The lowest BCUT2D eigenvalue weighted by Crippen LogP contribution is -2.42. The highest BCUT2D eigenvalue weighted by atomic mass is 16.5. The molecule has 2 aromatic carbocycles. The van der Waals surface area contributed by atoms with E-state index in [1.807, 2.05) is 24.6 Å². The summed E-state index contributed by atoms with van der Waals surface area (Å²) >= 11 is 0. The highest BCUT2D eigenvalue weighted by molar-refractivity contribution is 5.69. The van der Waals surface area contributed by atoms with E-state index in [1.165, 1.54) is 5.56 Å². The molecule has 1 N–H and O–H groups in total. The molecule has 2 heterocycles. The van der Waals surface area contributed by atoms with Crippen LogP contribution in [0.2, 0.25) is 0 Å². The van der Waals surface area contributed by atoms with Gasteiger partial charge < -0.3 is 14.8 Å². The van der Waals surface area contributed by atoms with Gasteiger partial charge in [0.15, 0.2) is 11.5 Å². The van der Waals surface area contributed by atoms with Crippen LogP contribution in [0.3, 0.4) is 0 Å². The lowest BCUT2D eigenvalue weighted by atomic mass is 10.0. The fourth-order valence-corrected chi connectivity index (χ4v) is 4.96. The molecule has 0 atom stereocenters. The van der Waals surface area contributed by atoms with Crippen LogP contribution in [0.5, 0.6) is 11.5 Å². The molecule has 4 rings (SSSR count). The summed E-state index contributed by atoms with van der Waals surface area (Å²) in [5.41, 5.74) is 7.95. The van der Waals surface area contributed by atoms with Gasteiger partial charge in [-0.2, -0.15) is 0 Å². The van der Waals surface area contributed by atoms with Gasteiger partial charge in [0.25, 0.3) is 0 Å². The summed E-state index contributed by atoms with van der Waals surface area (Å²) in [5.74, 6) is 1.41. The van der Waals surface area contributed by atoms with Gasteiger partial charge in [-0.1, -0.05) is 17.7 Å². The summed E-state index contributed by atoms with van der Waals surface area (Å²) in [6, 6.07) is 10.4. The molecule has 1 aromatic heterocycles. The Balaban J connectivity index is 2.03. The van der Waals surface area contributed by atoms with E-state index in [9.17, 15) is 4.79 Å². The number of hydrogen-bond acceptors (Lipinski definition) is 5. The summed E-state index contributed by atoms with van der Waals surface area (Å²) in [6.07, 6.45) is 1.73. The van der Waals surface area contributed by atoms with Gasteiger partial charge in [0, 0.05) is 31.3 Å². The maximum absolute atomic E-state index is 13.8. The smallest absolute Gasteiger partial charge is 0.330 e. The molecule has 0 radical (unpaired) electrons. The van der Waals surface area contributed by atoms with Crippen LogP contribution in [0.15, 0.2) is 40.1 Å². The third kappa shape index (κ3) is 4.91. The number of benzene rings is 2. The van der Waals surface area contributed by atoms with Crippen molar-refractivity contribution in [2.24, 2.45) is 4.99 Å². The highest BCUT2D eigenvalue weighted by Gasteiger charge is 2.21. The molecular weight excluding hydrogens is 440 g/mol. The van der Waals surface area contributed by atoms with E-state index in [0.29, 0.717) is 37.5 Å². The van der Waals surface area contributed by atoms with Crippen molar-refractivity contribution >= 4 is 5.69 Å². The first-order valence-corrected chi connectivity index (χ1v) is 12.3. The van der Waals surface area contributed by atoms with Crippen molar-refractivity contribution in [3.05, 3.63) is 68.6 Å². The fraction of sp³-hybridized carbons (Fsp3) is 0.429. The van der Waals surface area contributed by atoms with Gasteiger partial charge in [0.1, 0.15) is 5.49 Å². The van der Waals surface area contributed by atoms with Crippen molar-refractivity contribution in [3.8, 4) is 22.8 Å². The molecule has 0 saturated heterocycles. The molecule has 0 bridgehead atoms. The SMILES string of the molecule is CCOc1cc2c(cc1OC)-c1cc(=Nc3c(C)cc(C)cc3C)n(CCNC)c(=O)n1CCC2. The molecule has 0 spiro atoms. The number of aryl methyl sites for hydroxylation is 4. The zero-order valence-corrected chi connectivity index (χ0v) is 21.7. The van der Waals surface area contributed by atoms with Crippen molar-refractivity contribution < 1.29 is 9.47 Å². The molecule has 0 saturated carbocycles. The van der Waals surface area contributed by atoms with Crippen molar-refractivity contribution in [2.75, 3.05) is 27.3 Å². The van der Waals surface area contributed by atoms with E-state index in [1.54, 1.807) is 11.7 Å². The molecule has 1 aliphatic rings. The molecule has 3 aromatic rings. The fourth-order valence-electron chi connectivity index (χ4n) is 4.96. The third-order valence-electron chi connectivity index (χ3n) is 6.54.